The van der Waals surface area contributed by atoms with E-state index in [1.165, 1.54) is 0 Å². The number of rotatable bonds is 2. The van der Waals surface area contributed by atoms with Crippen LogP contribution in [-0.2, 0) is 0 Å². The average Bonchev–Trinajstić information content (AvgIpc) is 2.29. The molecule has 1 atom stereocenters. The Morgan fingerprint density at radius 3 is 2.67 bits per heavy atom. The number of hydrogen-bond acceptors (Lipinski definition) is 4. The van der Waals surface area contributed by atoms with Crippen LogP contribution in [0.5, 0.6) is 0 Å². The third kappa shape index (κ3) is 1.22. The van der Waals surface area contributed by atoms with Gasteiger partial charge in [0.1, 0.15) is 0 Å². The van der Waals surface area contributed by atoms with E-state index in [2.05, 4.69) is 0 Å². The molecule has 0 aromatic rings. The highest BCUT2D eigenvalue weighted by atomic mass is 16.6. The van der Waals surface area contributed by atoms with E-state index in [4.69, 9.17) is 0 Å². The van der Waals surface area contributed by atoms with Gasteiger partial charge in [-0.05, 0) is 18.8 Å². The molecule has 0 N–H and O–H groups in total. The second-order valence-corrected chi connectivity index (χ2v) is 2.83. The lowest BCUT2D eigenvalue weighted by molar-refractivity contribution is -0.445. The molecule has 0 bridgehead atoms. The minimum Gasteiger partial charge on any atom is -0.358 e. The molecule has 1 unspecified atom stereocenters. The molecule has 0 radical (unpaired) electrons. The van der Waals surface area contributed by atoms with Crippen molar-refractivity contribution in [2.45, 2.75) is 20.0 Å². The van der Waals surface area contributed by atoms with Crippen LogP contribution in [0, 0.1) is 10.1 Å². The molecule has 0 aliphatic carbocycles. The highest BCUT2D eigenvalue weighted by Crippen LogP contribution is 2.20. The van der Waals surface area contributed by atoms with Crippen LogP contribution in [0.2, 0.25) is 0 Å². The summed E-state index contributed by atoms with van der Waals surface area (Å²) in [4.78, 5) is 13.8. The minimum absolute atomic E-state index is 0.0930. The van der Waals surface area contributed by atoms with E-state index in [1.54, 1.807) is 11.1 Å². The summed E-state index contributed by atoms with van der Waals surface area (Å²) in [5.74, 6) is 0.188. The maximum Gasteiger partial charge on any atom is 0.336 e. The number of nitro groups is 1. The van der Waals surface area contributed by atoms with Crippen molar-refractivity contribution in [1.29, 1.82) is 0 Å². The van der Waals surface area contributed by atoms with Crippen LogP contribution < -0.4 is 0 Å². The molecule has 0 spiro atoms. The molecule has 0 fully saturated rings. The summed E-state index contributed by atoms with van der Waals surface area (Å²) in [5.41, 5.74) is 0. The quantitative estimate of drug-likeness (QED) is 0.452. The Labute approximate surface area is 71.4 Å². The van der Waals surface area contributed by atoms with Crippen LogP contribution in [0.3, 0.4) is 0 Å². The van der Waals surface area contributed by atoms with Crippen LogP contribution in [0.25, 0.3) is 0 Å². The van der Waals surface area contributed by atoms with Crippen molar-refractivity contribution >= 4 is 0 Å². The Morgan fingerprint density at radius 1 is 1.75 bits per heavy atom. The van der Waals surface area contributed by atoms with Gasteiger partial charge >= 0.3 is 5.82 Å². The summed E-state index contributed by atoms with van der Waals surface area (Å²) >= 11 is 0. The van der Waals surface area contributed by atoms with Gasteiger partial charge in [-0.3, -0.25) is 0 Å². The molecule has 0 saturated carbocycles. The molecule has 5 heteroatoms. The summed E-state index contributed by atoms with van der Waals surface area (Å²) < 4.78 is 0. The molecule has 12 heavy (non-hydrogen) atoms. The van der Waals surface area contributed by atoms with Crippen molar-refractivity contribution in [2.24, 2.45) is 0 Å². The molecule has 0 aromatic carbocycles. The normalized spacial score (nSPS) is 22.9. The molecule has 0 aromatic heterocycles. The van der Waals surface area contributed by atoms with Gasteiger partial charge < -0.3 is 15.0 Å². The van der Waals surface area contributed by atoms with E-state index in [0.717, 1.165) is 0 Å². The number of hydrogen-bond donors (Lipinski definition) is 0. The zero-order valence-electron chi connectivity index (χ0n) is 7.52. The molecule has 68 valence electrons. The van der Waals surface area contributed by atoms with Gasteiger partial charge in [-0.15, -0.1) is 0 Å². The first-order valence-electron chi connectivity index (χ1n) is 3.92. The molecule has 1 aliphatic rings. The maximum absolute atomic E-state index is 10.5. The molecular weight excluding hydrogens is 158 g/mol. The molecule has 5 nitrogen and oxygen atoms in total. The van der Waals surface area contributed by atoms with E-state index in [0.29, 0.717) is 6.54 Å². The zero-order valence-corrected chi connectivity index (χ0v) is 7.52. The zero-order chi connectivity index (χ0) is 9.30. The Bertz CT molecular complexity index is 227. The van der Waals surface area contributed by atoms with E-state index in [1.807, 2.05) is 25.8 Å². The van der Waals surface area contributed by atoms with Crippen molar-refractivity contribution in [3.05, 3.63) is 22.1 Å². The molecule has 1 aliphatic heterocycles. The van der Waals surface area contributed by atoms with Crippen LogP contribution in [-0.4, -0.2) is 34.5 Å². The molecule has 0 amide bonds. The predicted octanol–water partition coefficient (Wildman–Crippen LogP) is 0.675. The highest BCUT2D eigenvalue weighted by molar-refractivity contribution is 5.00. The van der Waals surface area contributed by atoms with Crippen LogP contribution in [0.1, 0.15) is 13.8 Å². The largest absolute Gasteiger partial charge is 0.358 e. The number of nitrogens with zero attached hydrogens (tertiary/aromatic N) is 3. The fourth-order valence-electron chi connectivity index (χ4n) is 1.35. The second kappa shape index (κ2) is 3.00. The first-order valence-corrected chi connectivity index (χ1v) is 3.92. The van der Waals surface area contributed by atoms with E-state index in [-0.39, 0.29) is 16.9 Å². The smallest absolute Gasteiger partial charge is 0.336 e. The van der Waals surface area contributed by atoms with Gasteiger partial charge in [-0.1, -0.05) is 0 Å². The van der Waals surface area contributed by atoms with Gasteiger partial charge in [0.15, 0.2) is 6.17 Å². The summed E-state index contributed by atoms with van der Waals surface area (Å²) in [6, 6.07) is 0. The summed E-state index contributed by atoms with van der Waals surface area (Å²) in [7, 11) is 1.84. The lowest BCUT2D eigenvalue weighted by Gasteiger charge is -2.20. The molecule has 0 saturated heterocycles. The van der Waals surface area contributed by atoms with Crippen molar-refractivity contribution in [3.8, 4) is 0 Å². The highest BCUT2D eigenvalue weighted by Gasteiger charge is 2.34. The Kier molecular flexibility index (Phi) is 2.21. The lowest BCUT2D eigenvalue weighted by Crippen LogP contribution is -2.36. The van der Waals surface area contributed by atoms with Gasteiger partial charge in [-0.25, -0.2) is 4.90 Å². The Balaban J connectivity index is 2.85. The van der Waals surface area contributed by atoms with Gasteiger partial charge in [0.05, 0.1) is 12.7 Å². The predicted molar refractivity (Wildman–Crippen MR) is 44.7 cm³/mol. The van der Waals surface area contributed by atoms with E-state index in [9.17, 15) is 10.1 Å². The fourth-order valence-corrected chi connectivity index (χ4v) is 1.35. The molecule has 1 rings (SSSR count). The van der Waals surface area contributed by atoms with Crippen molar-refractivity contribution in [3.63, 3.8) is 0 Å². The molecular formula is C7H13N3O2. The molecule has 1 heterocycles. The Hall–Kier alpha value is -1.26. The van der Waals surface area contributed by atoms with Crippen LogP contribution >= 0.6 is 0 Å². The Morgan fingerprint density at radius 2 is 2.33 bits per heavy atom. The summed E-state index contributed by atoms with van der Waals surface area (Å²) in [6.07, 6.45) is 1.66. The summed E-state index contributed by atoms with van der Waals surface area (Å²) in [5, 5.41) is 10.5. The lowest BCUT2D eigenvalue weighted by atomic mass is 10.4. The first-order chi connectivity index (χ1) is 5.57. The SMILES string of the molecule is CCN1C([N+](=O)[O-])=CN(C)C1C. The maximum atomic E-state index is 10.5. The second-order valence-electron chi connectivity index (χ2n) is 2.83. The average molecular weight is 171 g/mol. The third-order valence-corrected chi connectivity index (χ3v) is 2.18. The van der Waals surface area contributed by atoms with E-state index < -0.39 is 0 Å². The van der Waals surface area contributed by atoms with Crippen molar-refractivity contribution in [1.82, 2.24) is 9.80 Å². The van der Waals surface area contributed by atoms with Gasteiger partial charge in [0, 0.05) is 7.05 Å². The van der Waals surface area contributed by atoms with Crippen molar-refractivity contribution in [2.75, 3.05) is 13.6 Å². The van der Waals surface area contributed by atoms with E-state index >= 15 is 0 Å². The van der Waals surface area contributed by atoms with Crippen LogP contribution in [0.15, 0.2) is 12.0 Å². The third-order valence-electron chi connectivity index (χ3n) is 2.18. The van der Waals surface area contributed by atoms with Gasteiger partial charge in [0.25, 0.3) is 0 Å². The monoisotopic (exact) mass is 171 g/mol. The topological polar surface area (TPSA) is 49.6 Å². The summed E-state index contributed by atoms with van der Waals surface area (Å²) in [6.45, 7) is 4.52. The van der Waals surface area contributed by atoms with Crippen molar-refractivity contribution < 1.29 is 4.92 Å². The minimum atomic E-state index is -0.344. The fraction of sp³-hybridized carbons (Fsp3) is 0.714. The standard InChI is InChI=1S/C7H13N3O2/c1-4-9-6(2)8(3)5-7(9)10(11)12/h5-6H,4H2,1-3H3. The van der Waals surface area contributed by atoms with Gasteiger partial charge in [0.2, 0.25) is 0 Å². The van der Waals surface area contributed by atoms with Gasteiger partial charge in [-0.2, -0.15) is 0 Å². The first kappa shape index (κ1) is 8.83. The van der Waals surface area contributed by atoms with Crippen LogP contribution in [0.4, 0.5) is 0 Å².